The average molecular weight is 501 g/mol. The highest BCUT2D eigenvalue weighted by Gasteiger charge is 2.51. The van der Waals surface area contributed by atoms with E-state index in [2.05, 4.69) is 9.97 Å². The van der Waals surface area contributed by atoms with E-state index in [1.165, 1.54) is 15.6 Å². The predicted molar refractivity (Wildman–Crippen MR) is 130 cm³/mol. The van der Waals surface area contributed by atoms with Gasteiger partial charge in [0.25, 0.3) is 0 Å². The summed E-state index contributed by atoms with van der Waals surface area (Å²) in [7, 11) is -2.30. The number of methoxy groups -OCH3 is 1. The van der Waals surface area contributed by atoms with Crippen molar-refractivity contribution >= 4 is 37.5 Å². The van der Waals surface area contributed by atoms with Gasteiger partial charge in [-0.1, -0.05) is 6.07 Å². The van der Waals surface area contributed by atoms with Crippen LogP contribution in [0.5, 0.6) is 0 Å². The average Bonchev–Trinajstić information content (AvgIpc) is 3.31. The fraction of sp³-hybridized carbons (Fsp3) is 0.458. The number of carbonyl (C=O) groups is 1. The summed E-state index contributed by atoms with van der Waals surface area (Å²) in [4.78, 5) is 24.6. The molecule has 8 nitrogen and oxygen atoms in total. The lowest BCUT2D eigenvalue weighted by Crippen LogP contribution is -2.55. The Bertz CT molecular complexity index is 1280. The number of nitrogens with zero attached hydrogens (tertiary/aromatic N) is 4. The first-order chi connectivity index (χ1) is 16.4. The number of carbonyl (C=O) groups excluding carboxylic acids is 1. The first-order valence-corrected chi connectivity index (χ1v) is 13.8. The second kappa shape index (κ2) is 9.33. The highest BCUT2D eigenvalue weighted by molar-refractivity contribution is 7.89. The first kappa shape index (κ1) is 23.3. The van der Waals surface area contributed by atoms with E-state index in [1.54, 1.807) is 41.9 Å². The standard InChI is InChI=1S/C24H28N4O4S2/c1-16(19-6-3-4-11-25-19)27-13-17(14-32-2)21-7-5-8-22(24(27)29)28(21)34(30,31)18-9-10-20-23(12-18)33-15-26-20/h3-4,6,9-12,15-17,21-22H,5,7-8,13-14H2,1-2H3/t16-,17+,21-,22?/m0/s1. The van der Waals surface area contributed by atoms with Crippen molar-refractivity contribution in [1.82, 2.24) is 19.2 Å². The molecule has 2 aliphatic rings. The summed E-state index contributed by atoms with van der Waals surface area (Å²) < 4.78 is 35.9. The van der Waals surface area contributed by atoms with Gasteiger partial charge in [0.05, 0.1) is 39.0 Å². The highest BCUT2D eigenvalue weighted by atomic mass is 32.2. The van der Waals surface area contributed by atoms with E-state index >= 15 is 0 Å². The molecule has 2 saturated heterocycles. The third-order valence-electron chi connectivity index (χ3n) is 7.00. The SMILES string of the molecule is COC[C@H]1CN([C@@H](C)c2ccccn2)C(=O)C2CCC[C@@H]1N2S(=O)(=O)c1ccc2ncsc2c1. The number of hydrogen-bond acceptors (Lipinski definition) is 7. The zero-order chi connectivity index (χ0) is 23.9. The number of sulfonamides is 1. The van der Waals surface area contributed by atoms with Crippen molar-refractivity contribution in [3.63, 3.8) is 0 Å². The van der Waals surface area contributed by atoms with Crippen LogP contribution in [0.2, 0.25) is 0 Å². The molecule has 180 valence electrons. The Morgan fingerprint density at radius 1 is 1.21 bits per heavy atom. The molecule has 1 unspecified atom stereocenters. The Balaban J connectivity index is 1.58. The minimum absolute atomic E-state index is 0.146. The Hall–Kier alpha value is -2.40. The minimum atomic E-state index is -3.92. The van der Waals surface area contributed by atoms with Crippen molar-refractivity contribution in [2.24, 2.45) is 5.92 Å². The molecule has 1 amide bonds. The van der Waals surface area contributed by atoms with Gasteiger partial charge in [0.1, 0.15) is 6.04 Å². The summed E-state index contributed by atoms with van der Waals surface area (Å²) in [6.07, 6.45) is 3.71. The molecule has 2 aliphatic heterocycles. The highest BCUT2D eigenvalue weighted by Crippen LogP contribution is 2.39. The van der Waals surface area contributed by atoms with Crippen LogP contribution in [0.4, 0.5) is 0 Å². The molecule has 3 aromatic rings. The lowest BCUT2D eigenvalue weighted by atomic mass is 9.91. The van der Waals surface area contributed by atoms with Crippen molar-refractivity contribution < 1.29 is 17.9 Å². The van der Waals surface area contributed by atoms with Gasteiger partial charge in [-0.2, -0.15) is 4.31 Å². The topological polar surface area (TPSA) is 92.7 Å². The molecular formula is C24H28N4O4S2. The number of aromatic nitrogens is 2. The molecule has 4 heterocycles. The van der Waals surface area contributed by atoms with E-state index in [0.29, 0.717) is 26.0 Å². The zero-order valence-electron chi connectivity index (χ0n) is 19.2. The zero-order valence-corrected chi connectivity index (χ0v) is 20.8. The Morgan fingerprint density at radius 3 is 2.82 bits per heavy atom. The van der Waals surface area contributed by atoms with Gasteiger partial charge in [-0.25, -0.2) is 13.4 Å². The smallest absolute Gasteiger partial charge is 0.244 e. The van der Waals surface area contributed by atoms with Gasteiger partial charge < -0.3 is 9.64 Å². The van der Waals surface area contributed by atoms with E-state index in [0.717, 1.165) is 22.3 Å². The monoisotopic (exact) mass is 500 g/mol. The number of thiazole rings is 1. The molecule has 1 aromatic carbocycles. The van der Waals surface area contributed by atoms with Crippen molar-refractivity contribution in [2.75, 3.05) is 20.3 Å². The number of fused-ring (bicyclic) bond motifs is 3. The summed E-state index contributed by atoms with van der Waals surface area (Å²) >= 11 is 1.40. The molecule has 4 atom stereocenters. The number of piperidine rings is 1. The molecule has 2 fully saturated rings. The molecule has 34 heavy (non-hydrogen) atoms. The molecule has 5 rings (SSSR count). The molecule has 2 bridgehead atoms. The summed E-state index contributed by atoms with van der Waals surface area (Å²) in [5.41, 5.74) is 3.26. The molecule has 0 saturated carbocycles. The van der Waals surface area contributed by atoms with Gasteiger partial charge in [-0.3, -0.25) is 9.78 Å². The molecule has 0 N–H and O–H groups in total. The Kier molecular flexibility index (Phi) is 6.41. The number of benzene rings is 1. The number of pyridine rings is 1. The van der Waals surface area contributed by atoms with Gasteiger partial charge in [-0.15, -0.1) is 11.3 Å². The van der Waals surface area contributed by atoms with Crippen LogP contribution in [-0.4, -0.2) is 65.8 Å². The fourth-order valence-electron chi connectivity index (χ4n) is 5.31. The lowest BCUT2D eigenvalue weighted by Gasteiger charge is -2.40. The van der Waals surface area contributed by atoms with Gasteiger partial charge in [-0.05, 0) is 56.5 Å². The van der Waals surface area contributed by atoms with Gasteiger partial charge in [0, 0.05) is 31.8 Å². The number of hydrogen-bond donors (Lipinski definition) is 0. The molecule has 10 heteroatoms. The lowest BCUT2D eigenvalue weighted by molar-refractivity contribution is -0.137. The van der Waals surface area contributed by atoms with Gasteiger partial charge in [0.2, 0.25) is 15.9 Å². The van der Waals surface area contributed by atoms with Crippen LogP contribution in [-0.2, 0) is 19.6 Å². The maximum Gasteiger partial charge on any atom is 0.244 e. The van der Waals surface area contributed by atoms with Gasteiger partial charge in [0.15, 0.2) is 0 Å². The number of rotatable bonds is 6. The van der Waals surface area contributed by atoms with Crippen LogP contribution in [0.15, 0.2) is 53.0 Å². The predicted octanol–water partition coefficient (Wildman–Crippen LogP) is 3.47. The third-order valence-corrected chi connectivity index (χ3v) is 9.72. The van der Waals surface area contributed by atoms with Crippen LogP contribution >= 0.6 is 11.3 Å². The second-order valence-electron chi connectivity index (χ2n) is 8.97. The minimum Gasteiger partial charge on any atom is -0.384 e. The Morgan fingerprint density at radius 2 is 2.06 bits per heavy atom. The summed E-state index contributed by atoms with van der Waals surface area (Å²) in [5.74, 6) is -0.309. The van der Waals surface area contributed by atoms with E-state index in [9.17, 15) is 13.2 Å². The largest absolute Gasteiger partial charge is 0.384 e. The quantitative estimate of drug-likeness (QED) is 0.515. The molecule has 0 spiro atoms. The summed E-state index contributed by atoms with van der Waals surface area (Å²) in [6, 6.07) is 9.32. The number of ether oxygens (including phenoxy) is 1. The van der Waals surface area contributed by atoms with Crippen molar-refractivity contribution in [3.05, 3.63) is 53.8 Å². The normalized spacial score (nSPS) is 24.8. The van der Waals surface area contributed by atoms with Crippen molar-refractivity contribution in [2.45, 2.75) is 49.2 Å². The van der Waals surface area contributed by atoms with Crippen LogP contribution in [0.25, 0.3) is 10.2 Å². The van der Waals surface area contributed by atoms with Crippen LogP contribution < -0.4 is 0 Å². The van der Waals surface area contributed by atoms with Crippen molar-refractivity contribution in [1.29, 1.82) is 0 Å². The summed E-state index contributed by atoms with van der Waals surface area (Å²) in [5, 5.41) is 0. The first-order valence-electron chi connectivity index (χ1n) is 11.5. The van der Waals surface area contributed by atoms with E-state index in [-0.39, 0.29) is 28.8 Å². The maximum atomic E-state index is 14.0. The van der Waals surface area contributed by atoms with Crippen molar-refractivity contribution in [3.8, 4) is 0 Å². The number of amides is 1. The fourth-order valence-corrected chi connectivity index (χ4v) is 8.02. The summed E-state index contributed by atoms with van der Waals surface area (Å²) in [6.45, 7) is 2.75. The Labute approximate surface area is 203 Å². The third kappa shape index (κ3) is 4.02. The van der Waals surface area contributed by atoms with E-state index < -0.39 is 16.1 Å². The van der Waals surface area contributed by atoms with Gasteiger partial charge >= 0.3 is 0 Å². The van der Waals surface area contributed by atoms with Crippen LogP contribution in [0, 0.1) is 5.92 Å². The van der Waals surface area contributed by atoms with E-state index in [4.69, 9.17) is 4.74 Å². The van der Waals surface area contributed by atoms with E-state index in [1.807, 2.05) is 25.1 Å². The molecule has 2 aromatic heterocycles. The molecule has 0 aliphatic carbocycles. The van der Waals surface area contributed by atoms with Crippen LogP contribution in [0.1, 0.15) is 37.9 Å². The molecule has 0 radical (unpaired) electrons. The molecular weight excluding hydrogens is 472 g/mol. The second-order valence-corrected chi connectivity index (χ2v) is 11.7. The van der Waals surface area contributed by atoms with Crippen LogP contribution in [0.3, 0.4) is 0 Å². The maximum absolute atomic E-state index is 14.0.